The van der Waals surface area contributed by atoms with Crippen molar-refractivity contribution in [3.63, 3.8) is 0 Å². The zero-order valence-electron chi connectivity index (χ0n) is 9.45. The molecule has 0 spiro atoms. The maximum atomic E-state index is 13.1. The van der Waals surface area contributed by atoms with Crippen molar-refractivity contribution >= 4 is 39.0 Å². The van der Waals surface area contributed by atoms with Crippen molar-refractivity contribution in [1.29, 1.82) is 0 Å². The van der Waals surface area contributed by atoms with Crippen LogP contribution in [0.25, 0.3) is 0 Å². The Labute approximate surface area is 118 Å². The number of hydrogen-bond acceptors (Lipinski definition) is 2. The van der Waals surface area contributed by atoms with Crippen molar-refractivity contribution < 1.29 is 9.18 Å². The van der Waals surface area contributed by atoms with Gasteiger partial charge in [0, 0.05) is 5.56 Å². The van der Waals surface area contributed by atoms with Crippen LogP contribution in [0.1, 0.15) is 23.2 Å². The predicted molar refractivity (Wildman–Crippen MR) is 74.9 cm³/mol. The summed E-state index contributed by atoms with van der Waals surface area (Å²) in [5, 5.41) is 2.79. The first kappa shape index (κ1) is 13.4. The van der Waals surface area contributed by atoms with E-state index in [2.05, 4.69) is 21.2 Å². The van der Waals surface area contributed by atoms with Crippen LogP contribution in [0.15, 0.2) is 22.7 Å². The Bertz CT molecular complexity index is 505. The first-order valence-electron chi connectivity index (χ1n) is 5.54. The minimum atomic E-state index is -0.403. The topological polar surface area (TPSA) is 55.1 Å². The lowest BCUT2D eigenvalue weighted by molar-refractivity contribution is 0.0943. The quantitative estimate of drug-likeness (QED) is 0.833. The highest BCUT2D eigenvalue weighted by atomic mass is 79.9. The van der Waals surface area contributed by atoms with Gasteiger partial charge >= 0.3 is 0 Å². The minimum Gasteiger partial charge on any atom is -0.392 e. The molecule has 6 heteroatoms. The molecule has 0 saturated heterocycles. The summed E-state index contributed by atoms with van der Waals surface area (Å²) >= 11 is 7.99. The van der Waals surface area contributed by atoms with Gasteiger partial charge in [-0.2, -0.15) is 0 Å². The normalized spacial score (nSPS) is 16.1. The number of amides is 1. The van der Waals surface area contributed by atoms with Crippen molar-refractivity contribution in [3.8, 4) is 0 Å². The third kappa shape index (κ3) is 3.05. The number of rotatable bonds is 4. The van der Waals surface area contributed by atoms with Crippen LogP contribution in [0.2, 0.25) is 0 Å². The van der Waals surface area contributed by atoms with E-state index in [9.17, 15) is 9.18 Å². The SMILES string of the molecule is NC(=S)C(NC(=O)c1ccc(F)c(Br)c1)C1CC1. The van der Waals surface area contributed by atoms with Gasteiger partial charge in [0.2, 0.25) is 0 Å². The summed E-state index contributed by atoms with van der Waals surface area (Å²) in [6.07, 6.45) is 2.05. The van der Waals surface area contributed by atoms with Crippen molar-refractivity contribution in [2.24, 2.45) is 11.7 Å². The van der Waals surface area contributed by atoms with Gasteiger partial charge in [-0.1, -0.05) is 12.2 Å². The number of carbonyl (C=O) groups excluding carboxylic acids is 1. The van der Waals surface area contributed by atoms with Gasteiger partial charge in [-0.05, 0) is 52.9 Å². The third-order valence-electron chi connectivity index (χ3n) is 2.87. The molecular formula is C12H12BrFN2OS. The van der Waals surface area contributed by atoms with Crippen LogP contribution in [0.5, 0.6) is 0 Å². The molecule has 2 rings (SSSR count). The zero-order valence-corrected chi connectivity index (χ0v) is 11.9. The van der Waals surface area contributed by atoms with Gasteiger partial charge < -0.3 is 11.1 Å². The number of hydrogen-bond donors (Lipinski definition) is 2. The lowest BCUT2D eigenvalue weighted by Gasteiger charge is -2.16. The first-order valence-corrected chi connectivity index (χ1v) is 6.74. The largest absolute Gasteiger partial charge is 0.392 e. The van der Waals surface area contributed by atoms with E-state index in [1.54, 1.807) is 0 Å². The van der Waals surface area contributed by atoms with Crippen molar-refractivity contribution in [2.45, 2.75) is 18.9 Å². The summed E-state index contributed by atoms with van der Waals surface area (Å²) in [6.45, 7) is 0. The fourth-order valence-corrected chi connectivity index (χ4v) is 2.34. The first-order chi connectivity index (χ1) is 8.49. The van der Waals surface area contributed by atoms with Crippen molar-refractivity contribution in [3.05, 3.63) is 34.1 Å². The average Bonchev–Trinajstić information content (AvgIpc) is 3.13. The fraction of sp³-hybridized carbons (Fsp3) is 0.333. The number of carbonyl (C=O) groups is 1. The summed E-state index contributed by atoms with van der Waals surface area (Å²) < 4.78 is 13.3. The van der Waals surface area contributed by atoms with E-state index >= 15 is 0 Å². The molecule has 96 valence electrons. The Balaban J connectivity index is 2.10. The Kier molecular flexibility index (Phi) is 3.97. The highest BCUT2D eigenvalue weighted by Gasteiger charge is 2.34. The molecule has 3 N–H and O–H groups in total. The molecule has 1 aromatic rings. The van der Waals surface area contributed by atoms with Gasteiger partial charge in [0.05, 0.1) is 15.5 Å². The predicted octanol–water partition coefficient (Wildman–Crippen LogP) is 2.38. The molecule has 1 fully saturated rings. The van der Waals surface area contributed by atoms with Crippen LogP contribution in [0, 0.1) is 11.7 Å². The molecule has 0 aromatic heterocycles. The maximum Gasteiger partial charge on any atom is 0.251 e. The molecular weight excluding hydrogens is 319 g/mol. The Morgan fingerprint density at radius 2 is 2.22 bits per heavy atom. The minimum absolute atomic E-state index is 0.258. The van der Waals surface area contributed by atoms with E-state index in [-0.39, 0.29) is 16.4 Å². The van der Waals surface area contributed by atoms with Crippen LogP contribution in [-0.2, 0) is 0 Å². The van der Waals surface area contributed by atoms with Gasteiger partial charge in [0.25, 0.3) is 5.91 Å². The van der Waals surface area contributed by atoms with Gasteiger partial charge in [-0.25, -0.2) is 4.39 Å². The second kappa shape index (κ2) is 5.32. The van der Waals surface area contributed by atoms with E-state index in [0.29, 0.717) is 16.5 Å². The molecule has 1 aromatic carbocycles. The van der Waals surface area contributed by atoms with Crippen LogP contribution in [0.4, 0.5) is 4.39 Å². The molecule has 0 bridgehead atoms. The summed E-state index contributed by atoms with van der Waals surface area (Å²) in [5.74, 6) is -0.352. The summed E-state index contributed by atoms with van der Waals surface area (Å²) in [4.78, 5) is 12.3. The van der Waals surface area contributed by atoms with Gasteiger partial charge in [-0.15, -0.1) is 0 Å². The smallest absolute Gasteiger partial charge is 0.251 e. The van der Waals surface area contributed by atoms with E-state index in [1.807, 2.05) is 0 Å². The Morgan fingerprint density at radius 3 is 2.72 bits per heavy atom. The number of thiocarbonyl (C=S) groups is 1. The highest BCUT2D eigenvalue weighted by Crippen LogP contribution is 2.33. The molecule has 1 unspecified atom stereocenters. The fourth-order valence-electron chi connectivity index (χ4n) is 1.71. The number of nitrogens with two attached hydrogens (primary N) is 1. The number of halogens is 2. The Morgan fingerprint density at radius 1 is 1.56 bits per heavy atom. The third-order valence-corrected chi connectivity index (χ3v) is 3.73. The summed E-state index contributed by atoms with van der Waals surface area (Å²) in [5.41, 5.74) is 5.99. The molecule has 0 radical (unpaired) electrons. The number of nitrogens with one attached hydrogen (secondary N) is 1. The molecule has 1 aliphatic rings. The van der Waals surface area contributed by atoms with Gasteiger partial charge in [-0.3, -0.25) is 4.79 Å². The van der Waals surface area contributed by atoms with Crippen LogP contribution in [0.3, 0.4) is 0 Å². The molecule has 0 aliphatic heterocycles. The van der Waals surface area contributed by atoms with Crippen LogP contribution < -0.4 is 11.1 Å². The molecule has 1 atom stereocenters. The standard InChI is InChI=1S/C12H12BrFN2OS/c13-8-5-7(3-4-9(8)14)12(17)16-10(11(15)18)6-1-2-6/h3-6,10H,1-2H2,(H2,15,18)(H,16,17). The lowest BCUT2D eigenvalue weighted by atomic mass is 10.1. The van der Waals surface area contributed by atoms with E-state index in [4.69, 9.17) is 18.0 Å². The molecule has 18 heavy (non-hydrogen) atoms. The van der Waals surface area contributed by atoms with E-state index < -0.39 is 5.82 Å². The van der Waals surface area contributed by atoms with Gasteiger partial charge in [0.1, 0.15) is 5.82 Å². The maximum absolute atomic E-state index is 13.1. The van der Waals surface area contributed by atoms with Crippen molar-refractivity contribution in [2.75, 3.05) is 0 Å². The molecule has 1 amide bonds. The summed E-state index contributed by atoms with van der Waals surface area (Å²) in [7, 11) is 0. The molecule has 3 nitrogen and oxygen atoms in total. The highest BCUT2D eigenvalue weighted by molar-refractivity contribution is 9.10. The van der Waals surface area contributed by atoms with Crippen molar-refractivity contribution in [1.82, 2.24) is 5.32 Å². The second-order valence-electron chi connectivity index (χ2n) is 4.32. The monoisotopic (exact) mass is 330 g/mol. The number of benzene rings is 1. The summed E-state index contributed by atoms with van der Waals surface area (Å²) in [6, 6.07) is 3.84. The average molecular weight is 331 g/mol. The van der Waals surface area contributed by atoms with Crippen LogP contribution in [-0.4, -0.2) is 16.9 Å². The second-order valence-corrected chi connectivity index (χ2v) is 5.65. The van der Waals surface area contributed by atoms with Gasteiger partial charge in [0.15, 0.2) is 0 Å². The van der Waals surface area contributed by atoms with Crippen LogP contribution >= 0.6 is 28.1 Å². The lowest BCUT2D eigenvalue weighted by Crippen LogP contribution is -2.45. The van der Waals surface area contributed by atoms with E-state index in [1.165, 1.54) is 18.2 Å². The molecule has 1 aliphatic carbocycles. The zero-order chi connectivity index (χ0) is 13.3. The molecule has 0 heterocycles. The molecule has 1 saturated carbocycles. The van der Waals surface area contributed by atoms with E-state index in [0.717, 1.165) is 12.8 Å². The Hall–Kier alpha value is -1.01.